The normalized spacial score (nSPS) is 10.2. The first kappa shape index (κ1) is 23.8. The van der Waals surface area contributed by atoms with Gasteiger partial charge in [-0.2, -0.15) is 0 Å². The molecule has 0 aliphatic carbocycles. The van der Waals surface area contributed by atoms with E-state index in [9.17, 15) is 14.4 Å². The smallest absolute Gasteiger partial charge is 0.306 e. The number of hydrogen-bond donors (Lipinski definition) is 2. The van der Waals surface area contributed by atoms with Crippen LogP contribution in [0.25, 0.3) is 0 Å². The highest BCUT2D eigenvalue weighted by Gasteiger charge is 2.12. The van der Waals surface area contributed by atoms with E-state index in [0.29, 0.717) is 27.9 Å². The highest BCUT2D eigenvalue weighted by molar-refractivity contribution is 6.31. The molecule has 3 rings (SSSR count). The molecule has 0 aliphatic rings. The second kappa shape index (κ2) is 11.7. The number of carbonyl (C=O) groups excluding carboxylic acids is 3. The Balaban J connectivity index is 1.37. The zero-order chi connectivity index (χ0) is 23.6. The first-order chi connectivity index (χ1) is 15.9. The number of benzene rings is 3. The second-order valence-electron chi connectivity index (χ2n) is 7.16. The Hall–Kier alpha value is -3.84. The van der Waals surface area contributed by atoms with Crippen LogP contribution in [0.1, 0.15) is 18.4 Å². The van der Waals surface area contributed by atoms with E-state index in [1.54, 1.807) is 42.5 Å². The van der Waals surface area contributed by atoms with Gasteiger partial charge in [0.2, 0.25) is 5.91 Å². The summed E-state index contributed by atoms with van der Waals surface area (Å²) in [4.78, 5) is 36.0. The molecule has 0 unspecified atom stereocenters. The number of rotatable bonds is 9. The van der Waals surface area contributed by atoms with Crippen LogP contribution in [0.3, 0.4) is 0 Å². The van der Waals surface area contributed by atoms with Crippen LogP contribution in [0.2, 0.25) is 5.02 Å². The lowest BCUT2D eigenvalue weighted by atomic mass is 10.2. The molecular weight excluding hydrogens is 444 g/mol. The first-order valence-electron chi connectivity index (χ1n) is 10.2. The van der Waals surface area contributed by atoms with Gasteiger partial charge in [-0.1, -0.05) is 35.9 Å². The minimum absolute atomic E-state index is 0.0733. The van der Waals surface area contributed by atoms with Gasteiger partial charge in [0, 0.05) is 22.8 Å². The summed E-state index contributed by atoms with van der Waals surface area (Å²) in [5.74, 6) is -0.133. The van der Waals surface area contributed by atoms with Gasteiger partial charge in [0.05, 0.1) is 6.42 Å². The maximum absolute atomic E-state index is 12.1. The SMILES string of the molecule is Cc1ccc(Cl)cc1NC(=O)COC(=O)CCC(=O)Nc1ccc(Oc2ccccc2)cc1. The predicted octanol–water partition coefficient (Wildman–Crippen LogP) is 5.34. The Morgan fingerprint density at radius 3 is 2.24 bits per heavy atom. The summed E-state index contributed by atoms with van der Waals surface area (Å²) in [6.07, 6.45) is -0.222. The average Bonchev–Trinajstić information content (AvgIpc) is 2.81. The van der Waals surface area contributed by atoms with Crippen molar-refractivity contribution in [3.05, 3.63) is 83.4 Å². The second-order valence-corrected chi connectivity index (χ2v) is 7.59. The topological polar surface area (TPSA) is 93.7 Å². The fourth-order valence-corrected chi connectivity index (χ4v) is 2.98. The van der Waals surface area contributed by atoms with Gasteiger partial charge < -0.3 is 20.1 Å². The molecule has 0 saturated carbocycles. The van der Waals surface area contributed by atoms with Crippen molar-refractivity contribution in [1.82, 2.24) is 0 Å². The largest absolute Gasteiger partial charge is 0.457 e. The first-order valence-corrected chi connectivity index (χ1v) is 10.6. The molecule has 0 aliphatic heterocycles. The minimum Gasteiger partial charge on any atom is -0.457 e. The van der Waals surface area contributed by atoms with E-state index < -0.39 is 18.5 Å². The number of nitrogens with one attached hydrogen (secondary N) is 2. The molecule has 33 heavy (non-hydrogen) atoms. The number of ether oxygens (including phenoxy) is 2. The Morgan fingerprint density at radius 1 is 0.818 bits per heavy atom. The fourth-order valence-electron chi connectivity index (χ4n) is 2.80. The van der Waals surface area contributed by atoms with Crippen LogP contribution in [0, 0.1) is 6.92 Å². The van der Waals surface area contributed by atoms with Crippen LogP contribution in [0.15, 0.2) is 72.8 Å². The minimum atomic E-state index is -0.644. The molecule has 3 aromatic carbocycles. The predicted molar refractivity (Wildman–Crippen MR) is 127 cm³/mol. The summed E-state index contributed by atoms with van der Waals surface area (Å²) >= 11 is 5.92. The van der Waals surface area contributed by atoms with Crippen LogP contribution < -0.4 is 15.4 Å². The number of anilines is 2. The van der Waals surface area contributed by atoms with Gasteiger partial charge in [-0.25, -0.2) is 0 Å². The summed E-state index contributed by atoms with van der Waals surface area (Å²) in [6.45, 7) is 1.37. The zero-order valence-electron chi connectivity index (χ0n) is 18.0. The Kier molecular flexibility index (Phi) is 8.43. The Morgan fingerprint density at radius 2 is 1.52 bits per heavy atom. The van der Waals surface area contributed by atoms with Crippen molar-refractivity contribution in [3.63, 3.8) is 0 Å². The third kappa shape index (κ3) is 7.97. The van der Waals surface area contributed by atoms with Crippen LogP contribution in [0.5, 0.6) is 11.5 Å². The van der Waals surface area contributed by atoms with E-state index in [2.05, 4.69) is 10.6 Å². The Bertz CT molecular complexity index is 1120. The van der Waals surface area contributed by atoms with Gasteiger partial charge in [0.25, 0.3) is 5.91 Å². The van der Waals surface area contributed by atoms with Gasteiger partial charge in [-0.05, 0) is 61.0 Å². The fraction of sp³-hybridized carbons (Fsp3) is 0.160. The molecule has 7 nitrogen and oxygen atoms in total. The van der Waals surface area contributed by atoms with Gasteiger partial charge >= 0.3 is 5.97 Å². The maximum atomic E-state index is 12.1. The zero-order valence-corrected chi connectivity index (χ0v) is 18.7. The van der Waals surface area contributed by atoms with E-state index in [-0.39, 0.29) is 18.7 Å². The van der Waals surface area contributed by atoms with Crippen LogP contribution >= 0.6 is 11.6 Å². The Labute approximate surface area is 196 Å². The molecule has 3 aromatic rings. The van der Waals surface area contributed by atoms with Gasteiger partial charge in [-0.15, -0.1) is 0 Å². The molecule has 0 radical (unpaired) electrons. The van der Waals surface area contributed by atoms with Crippen molar-refractivity contribution in [1.29, 1.82) is 0 Å². The van der Waals surface area contributed by atoms with E-state index >= 15 is 0 Å². The third-order valence-corrected chi connectivity index (χ3v) is 4.75. The maximum Gasteiger partial charge on any atom is 0.306 e. The molecule has 0 heterocycles. The summed E-state index contributed by atoms with van der Waals surface area (Å²) in [7, 11) is 0. The van der Waals surface area contributed by atoms with E-state index in [4.69, 9.17) is 21.1 Å². The molecular formula is C25H23ClN2O5. The van der Waals surface area contributed by atoms with Gasteiger partial charge in [0.1, 0.15) is 11.5 Å². The van der Waals surface area contributed by atoms with Crippen LogP contribution in [-0.2, 0) is 19.1 Å². The summed E-state index contributed by atoms with van der Waals surface area (Å²) in [5.41, 5.74) is 1.95. The third-order valence-electron chi connectivity index (χ3n) is 4.51. The molecule has 170 valence electrons. The van der Waals surface area contributed by atoms with Crippen LogP contribution in [0.4, 0.5) is 11.4 Å². The molecule has 0 atom stereocenters. The molecule has 0 aromatic heterocycles. The summed E-state index contributed by atoms with van der Waals surface area (Å²) < 4.78 is 10.6. The van der Waals surface area contributed by atoms with E-state index in [0.717, 1.165) is 5.56 Å². The number of esters is 1. The van der Waals surface area contributed by atoms with Crippen molar-refractivity contribution in [3.8, 4) is 11.5 Å². The molecule has 0 fully saturated rings. The van der Waals surface area contributed by atoms with Crippen molar-refractivity contribution in [2.45, 2.75) is 19.8 Å². The number of hydrogen-bond acceptors (Lipinski definition) is 5. The van der Waals surface area contributed by atoms with Gasteiger partial charge in [0.15, 0.2) is 6.61 Å². The van der Waals surface area contributed by atoms with Crippen molar-refractivity contribution >= 4 is 40.8 Å². The van der Waals surface area contributed by atoms with Crippen molar-refractivity contribution < 1.29 is 23.9 Å². The number of halogens is 1. The van der Waals surface area contributed by atoms with E-state index in [1.165, 1.54) is 0 Å². The highest BCUT2D eigenvalue weighted by Crippen LogP contribution is 2.23. The van der Waals surface area contributed by atoms with Crippen molar-refractivity contribution in [2.75, 3.05) is 17.2 Å². The lowest BCUT2D eigenvalue weighted by Gasteiger charge is -2.10. The summed E-state index contributed by atoms with van der Waals surface area (Å²) in [5, 5.41) is 5.82. The molecule has 0 spiro atoms. The van der Waals surface area contributed by atoms with Crippen LogP contribution in [-0.4, -0.2) is 24.4 Å². The molecule has 2 N–H and O–H groups in total. The number of carbonyl (C=O) groups is 3. The highest BCUT2D eigenvalue weighted by atomic mass is 35.5. The standard InChI is InChI=1S/C25H23ClN2O5/c1-17-7-8-18(26)15-22(17)28-24(30)16-32-25(31)14-13-23(29)27-19-9-11-21(12-10-19)33-20-5-3-2-4-6-20/h2-12,15H,13-14,16H2,1H3,(H,27,29)(H,28,30). The quantitative estimate of drug-likeness (QED) is 0.415. The molecule has 0 bridgehead atoms. The average molecular weight is 467 g/mol. The number of para-hydroxylation sites is 1. The van der Waals surface area contributed by atoms with E-state index in [1.807, 2.05) is 37.3 Å². The summed E-state index contributed by atoms with van der Waals surface area (Å²) in [6, 6.07) is 21.3. The monoisotopic (exact) mass is 466 g/mol. The number of amides is 2. The van der Waals surface area contributed by atoms with Gasteiger partial charge in [-0.3, -0.25) is 14.4 Å². The molecule has 8 heteroatoms. The lowest BCUT2D eigenvalue weighted by Crippen LogP contribution is -2.22. The molecule has 2 amide bonds. The number of aryl methyl sites for hydroxylation is 1. The molecule has 0 saturated heterocycles. The lowest BCUT2D eigenvalue weighted by molar-refractivity contribution is -0.147. The van der Waals surface area contributed by atoms with Crippen molar-refractivity contribution in [2.24, 2.45) is 0 Å².